The number of nitrogens with one attached hydrogen (secondary N) is 5. The minimum absolute atomic E-state index is 0.0357. The molecule has 5 N–H and O–H groups in total. The van der Waals surface area contributed by atoms with E-state index in [4.69, 9.17) is 0 Å². The molecule has 2 aliphatic heterocycles. The molecule has 1 unspecified atom stereocenters. The van der Waals surface area contributed by atoms with Crippen LogP contribution < -0.4 is 26.6 Å². The van der Waals surface area contributed by atoms with Crippen molar-refractivity contribution in [2.75, 3.05) is 19.6 Å². The first-order valence-electron chi connectivity index (χ1n) is 15.5. The molecule has 6 amide bonds. The molecule has 2 fully saturated rings. The van der Waals surface area contributed by atoms with Crippen molar-refractivity contribution in [3.05, 3.63) is 0 Å². The molecule has 0 aromatic rings. The minimum Gasteiger partial charge on any atom is -0.356 e. The van der Waals surface area contributed by atoms with Gasteiger partial charge in [0, 0.05) is 37.1 Å². The first-order valence-corrected chi connectivity index (χ1v) is 15.5. The van der Waals surface area contributed by atoms with E-state index in [0.29, 0.717) is 32.5 Å². The summed E-state index contributed by atoms with van der Waals surface area (Å²) in [6.45, 7) is 22.4. The third kappa shape index (κ3) is 9.07. The van der Waals surface area contributed by atoms with Crippen LogP contribution in [0.4, 0.5) is 4.79 Å². The minimum atomic E-state index is -0.875. The molecule has 0 radical (unpaired) electrons. The molecule has 0 bridgehead atoms. The lowest BCUT2D eigenvalue weighted by molar-refractivity contribution is -0.143. The van der Waals surface area contributed by atoms with Crippen LogP contribution in [0.1, 0.15) is 89.0 Å². The summed E-state index contributed by atoms with van der Waals surface area (Å²) >= 11 is 0. The van der Waals surface area contributed by atoms with Crippen LogP contribution in [-0.4, -0.2) is 77.9 Å². The van der Waals surface area contributed by atoms with Crippen molar-refractivity contribution >= 4 is 29.7 Å². The zero-order valence-electron chi connectivity index (χ0n) is 27.6. The van der Waals surface area contributed by atoms with E-state index >= 15 is 0 Å². The third-order valence-electron chi connectivity index (χ3n) is 8.44. The van der Waals surface area contributed by atoms with Gasteiger partial charge in [-0.1, -0.05) is 48.5 Å². The molecule has 240 valence electrons. The van der Waals surface area contributed by atoms with Gasteiger partial charge in [0.2, 0.25) is 23.6 Å². The van der Waals surface area contributed by atoms with Crippen LogP contribution in [0.25, 0.3) is 0 Å². The predicted molar refractivity (Wildman–Crippen MR) is 163 cm³/mol. The number of carbonyl (C=O) groups is 5. The topological polar surface area (TPSA) is 149 Å². The lowest BCUT2D eigenvalue weighted by atomic mass is 9.81. The monoisotopic (exact) mass is 592 g/mol. The van der Waals surface area contributed by atoms with Crippen molar-refractivity contribution < 1.29 is 24.0 Å². The molecule has 42 heavy (non-hydrogen) atoms. The number of hydrogen-bond donors (Lipinski definition) is 5. The number of hydrogen-bond acceptors (Lipinski definition) is 5. The first kappa shape index (κ1) is 35.3. The second-order valence-corrected chi connectivity index (χ2v) is 14.7. The highest BCUT2D eigenvalue weighted by Crippen LogP contribution is 2.37. The lowest BCUT2D eigenvalue weighted by Crippen LogP contribution is -2.61. The van der Waals surface area contributed by atoms with E-state index in [-0.39, 0.29) is 47.3 Å². The summed E-state index contributed by atoms with van der Waals surface area (Å²) in [5.74, 6) is -1.80. The Labute approximate surface area is 252 Å². The predicted octanol–water partition coefficient (Wildman–Crippen LogP) is 2.40. The van der Waals surface area contributed by atoms with Gasteiger partial charge in [0.25, 0.3) is 0 Å². The molecule has 0 aromatic heterocycles. The van der Waals surface area contributed by atoms with Crippen LogP contribution in [0.5, 0.6) is 0 Å². The second kappa shape index (κ2) is 14.1. The summed E-state index contributed by atoms with van der Waals surface area (Å²) in [5, 5.41) is 14.5. The van der Waals surface area contributed by atoms with E-state index in [1.54, 1.807) is 11.8 Å². The van der Waals surface area contributed by atoms with Crippen LogP contribution in [-0.2, 0) is 19.2 Å². The summed E-state index contributed by atoms with van der Waals surface area (Å²) in [5.41, 5.74) is -1.12. The standard InChI is InChI=1S/C31H56N6O5/c1-12-32-25(38)19(5)21(15-20-13-14-33-26(20)39)34-27(40)23-22(17(2)3)18(4)16-37(23)28(41)24(30(6,7)8)35-29(42)36-31(9,10)11/h17-24H,12-16H2,1-11H3,(H,32,38)(H,33,39)(H,34,40)(H2,35,36,42)/t18-,19?,20-,21-,22-,23-,24+/m0/s1. The Morgan fingerprint density at radius 3 is 2.12 bits per heavy atom. The molecular weight excluding hydrogens is 536 g/mol. The molecule has 0 aromatic carbocycles. The highest BCUT2D eigenvalue weighted by Gasteiger charge is 2.50. The van der Waals surface area contributed by atoms with Crippen LogP contribution in [0.2, 0.25) is 0 Å². The molecule has 0 aliphatic carbocycles. The van der Waals surface area contributed by atoms with E-state index in [9.17, 15) is 24.0 Å². The quantitative estimate of drug-likeness (QED) is 0.264. The number of likely N-dealkylation sites (tertiary alicyclic amines) is 1. The number of carbonyl (C=O) groups excluding carboxylic acids is 5. The van der Waals surface area contributed by atoms with E-state index < -0.39 is 41.0 Å². The Hall–Kier alpha value is -2.85. The van der Waals surface area contributed by atoms with E-state index in [0.717, 1.165) is 0 Å². The Morgan fingerprint density at radius 2 is 1.64 bits per heavy atom. The van der Waals surface area contributed by atoms with Gasteiger partial charge in [0.1, 0.15) is 12.1 Å². The average Bonchev–Trinajstić information content (AvgIpc) is 3.41. The van der Waals surface area contributed by atoms with Gasteiger partial charge < -0.3 is 31.5 Å². The fourth-order valence-corrected chi connectivity index (χ4v) is 6.30. The maximum atomic E-state index is 14.2. The van der Waals surface area contributed by atoms with Crippen molar-refractivity contribution in [1.29, 1.82) is 0 Å². The van der Waals surface area contributed by atoms with Crippen molar-refractivity contribution in [2.24, 2.45) is 35.0 Å². The molecule has 11 nitrogen and oxygen atoms in total. The van der Waals surface area contributed by atoms with Crippen LogP contribution in [0.15, 0.2) is 0 Å². The summed E-state index contributed by atoms with van der Waals surface area (Å²) in [6, 6.07) is -2.70. The van der Waals surface area contributed by atoms with E-state index in [1.165, 1.54) is 0 Å². The number of rotatable bonds is 10. The Kier molecular flexibility index (Phi) is 11.9. The second-order valence-electron chi connectivity index (χ2n) is 14.7. The van der Waals surface area contributed by atoms with Gasteiger partial charge in [0.15, 0.2) is 0 Å². The van der Waals surface area contributed by atoms with Crippen LogP contribution in [0, 0.1) is 35.0 Å². The molecule has 7 atom stereocenters. The molecule has 0 spiro atoms. The fraction of sp³-hybridized carbons (Fsp3) is 0.839. The Bertz CT molecular complexity index is 1000. The molecule has 2 aliphatic rings. The third-order valence-corrected chi connectivity index (χ3v) is 8.44. The highest BCUT2D eigenvalue weighted by molar-refractivity contribution is 5.93. The van der Waals surface area contributed by atoms with Gasteiger partial charge in [-0.2, -0.15) is 0 Å². The molecule has 2 heterocycles. The van der Waals surface area contributed by atoms with Gasteiger partial charge in [-0.05, 0) is 63.7 Å². The van der Waals surface area contributed by atoms with Crippen LogP contribution in [0.3, 0.4) is 0 Å². The summed E-state index contributed by atoms with van der Waals surface area (Å²) < 4.78 is 0. The SMILES string of the molecule is CCNC(=O)C(C)[C@H](C[C@@H]1CCNC1=O)NC(=O)[C@@H]1[C@@H](C(C)C)[C@@H](C)CN1C(=O)[C@@H](NC(=O)NC(C)(C)C)C(C)(C)C. The first-order chi connectivity index (χ1) is 19.3. The number of urea groups is 1. The number of amides is 6. The highest BCUT2D eigenvalue weighted by atomic mass is 16.2. The summed E-state index contributed by atoms with van der Waals surface area (Å²) in [7, 11) is 0. The summed E-state index contributed by atoms with van der Waals surface area (Å²) in [6.07, 6.45) is 0.972. The maximum absolute atomic E-state index is 14.2. The molecule has 2 saturated heterocycles. The largest absolute Gasteiger partial charge is 0.356 e. The molecule has 11 heteroatoms. The van der Waals surface area contributed by atoms with Gasteiger partial charge in [-0.15, -0.1) is 0 Å². The lowest BCUT2D eigenvalue weighted by Gasteiger charge is -2.38. The fourth-order valence-electron chi connectivity index (χ4n) is 6.30. The van der Waals surface area contributed by atoms with Gasteiger partial charge >= 0.3 is 6.03 Å². The van der Waals surface area contributed by atoms with Gasteiger partial charge in [-0.25, -0.2) is 4.79 Å². The van der Waals surface area contributed by atoms with Gasteiger partial charge in [0.05, 0.1) is 5.92 Å². The zero-order chi connectivity index (χ0) is 32.2. The molecule has 2 rings (SSSR count). The smallest absolute Gasteiger partial charge is 0.315 e. The van der Waals surface area contributed by atoms with Crippen molar-refractivity contribution in [1.82, 2.24) is 31.5 Å². The zero-order valence-corrected chi connectivity index (χ0v) is 27.6. The van der Waals surface area contributed by atoms with Gasteiger partial charge in [-0.3, -0.25) is 19.2 Å². The van der Waals surface area contributed by atoms with E-state index in [1.807, 2.05) is 69.2 Å². The van der Waals surface area contributed by atoms with E-state index in [2.05, 4.69) is 26.6 Å². The Morgan fingerprint density at radius 1 is 1.02 bits per heavy atom. The van der Waals surface area contributed by atoms with Crippen LogP contribution >= 0.6 is 0 Å². The molecular formula is C31H56N6O5. The Balaban J connectivity index is 2.43. The van der Waals surface area contributed by atoms with Crippen molar-refractivity contribution in [3.63, 3.8) is 0 Å². The normalized spacial score (nSPS) is 25.0. The maximum Gasteiger partial charge on any atom is 0.315 e. The van der Waals surface area contributed by atoms with Crippen molar-refractivity contribution in [3.8, 4) is 0 Å². The number of nitrogens with zero attached hydrogens (tertiary/aromatic N) is 1. The summed E-state index contributed by atoms with van der Waals surface area (Å²) in [4.78, 5) is 68.2. The average molecular weight is 593 g/mol. The van der Waals surface area contributed by atoms with Crippen molar-refractivity contribution in [2.45, 2.75) is 113 Å². The molecule has 0 saturated carbocycles.